The molecule has 1 aliphatic rings. The maximum absolute atomic E-state index is 10.1. The third-order valence-electron chi connectivity index (χ3n) is 3.32. The van der Waals surface area contributed by atoms with Gasteiger partial charge in [-0.3, -0.25) is 4.98 Å². The van der Waals surface area contributed by atoms with Crippen molar-refractivity contribution in [1.82, 2.24) is 4.98 Å². The van der Waals surface area contributed by atoms with E-state index in [2.05, 4.69) is 4.98 Å². The van der Waals surface area contributed by atoms with E-state index in [4.69, 9.17) is 4.74 Å². The molecular weight excluding hydrogens is 246 g/mol. The van der Waals surface area contributed by atoms with E-state index in [1.54, 1.807) is 19.2 Å². The Hall–Kier alpha value is -2.27. The molecule has 0 aliphatic carbocycles. The Kier molecular flexibility index (Phi) is 2.57. The van der Waals surface area contributed by atoms with Crippen molar-refractivity contribution < 1.29 is 20.1 Å². The van der Waals surface area contributed by atoms with Gasteiger partial charge >= 0.3 is 0 Å². The summed E-state index contributed by atoms with van der Waals surface area (Å²) in [5.74, 6) is 0.00814. The topological polar surface area (TPSA) is 82.8 Å². The number of hydrogen-bond acceptors (Lipinski definition) is 5. The first kappa shape index (κ1) is 11.8. The molecule has 1 atom stereocenters. The number of benzene rings is 1. The number of ether oxygens (including phenoxy) is 1. The van der Waals surface area contributed by atoms with Crippen LogP contribution in [0.15, 0.2) is 24.4 Å². The van der Waals surface area contributed by atoms with Gasteiger partial charge in [-0.05, 0) is 19.1 Å². The van der Waals surface area contributed by atoms with Crippen LogP contribution in [0.25, 0.3) is 0 Å². The predicted octanol–water partition coefficient (Wildman–Crippen LogP) is 2.13. The summed E-state index contributed by atoms with van der Waals surface area (Å²) >= 11 is 0. The summed E-state index contributed by atoms with van der Waals surface area (Å²) < 4.78 is 5.62. The summed E-state index contributed by atoms with van der Waals surface area (Å²) in [7, 11) is 0. The molecule has 0 amide bonds. The first-order valence-electron chi connectivity index (χ1n) is 5.88. The van der Waals surface area contributed by atoms with Crippen LogP contribution < -0.4 is 0 Å². The molecule has 0 saturated heterocycles. The molecular formula is C14H13NO4. The van der Waals surface area contributed by atoms with Gasteiger partial charge in [0.05, 0.1) is 12.3 Å². The second-order valence-corrected chi connectivity index (χ2v) is 4.57. The van der Waals surface area contributed by atoms with Gasteiger partial charge in [0.15, 0.2) is 0 Å². The van der Waals surface area contributed by atoms with E-state index in [0.29, 0.717) is 23.4 Å². The minimum Gasteiger partial charge on any atom is -0.508 e. The highest BCUT2D eigenvalue weighted by Crippen LogP contribution is 2.44. The van der Waals surface area contributed by atoms with Crippen molar-refractivity contribution in [2.45, 2.75) is 19.6 Å². The minimum absolute atomic E-state index is 0.0189. The van der Waals surface area contributed by atoms with Crippen molar-refractivity contribution in [2.75, 3.05) is 0 Å². The lowest BCUT2D eigenvalue weighted by molar-refractivity contribution is 0.0910. The van der Waals surface area contributed by atoms with Crippen LogP contribution in [0.4, 0.5) is 0 Å². The molecule has 1 aromatic carbocycles. The van der Waals surface area contributed by atoms with Gasteiger partial charge < -0.3 is 20.1 Å². The molecule has 19 heavy (non-hydrogen) atoms. The smallest absolute Gasteiger partial charge is 0.143 e. The summed E-state index contributed by atoms with van der Waals surface area (Å²) in [4.78, 5) is 4.08. The number of aryl methyl sites for hydroxylation is 1. The van der Waals surface area contributed by atoms with E-state index < -0.39 is 6.10 Å². The second-order valence-electron chi connectivity index (χ2n) is 4.57. The van der Waals surface area contributed by atoms with Gasteiger partial charge in [-0.25, -0.2) is 0 Å². The highest BCUT2D eigenvalue weighted by atomic mass is 16.5. The molecule has 2 heterocycles. The van der Waals surface area contributed by atoms with Gasteiger partial charge in [-0.2, -0.15) is 0 Å². The molecule has 0 bridgehead atoms. The van der Waals surface area contributed by atoms with E-state index >= 15 is 0 Å². The molecule has 5 nitrogen and oxygen atoms in total. The SMILES string of the molecule is Cc1ncc2c(c1O)[C@H](c1ccc(O)cc1O)OC2. The standard InChI is InChI=1S/C14H13NO4/c1-7-13(18)12-8(5-15-7)6-19-14(12)10-3-2-9(16)4-11(10)17/h2-5,14,16-18H,6H2,1H3/t14-/m0/s1. The lowest BCUT2D eigenvalue weighted by Gasteiger charge is -2.15. The van der Waals surface area contributed by atoms with E-state index in [0.717, 1.165) is 5.56 Å². The summed E-state index contributed by atoms with van der Waals surface area (Å²) in [6, 6.07) is 4.31. The summed E-state index contributed by atoms with van der Waals surface area (Å²) in [5.41, 5.74) is 2.47. The second kappa shape index (κ2) is 4.13. The van der Waals surface area contributed by atoms with Crippen LogP contribution in [0.3, 0.4) is 0 Å². The maximum atomic E-state index is 10.1. The van der Waals surface area contributed by atoms with Gasteiger partial charge in [-0.1, -0.05) is 0 Å². The van der Waals surface area contributed by atoms with Crippen LogP contribution >= 0.6 is 0 Å². The fraction of sp³-hybridized carbons (Fsp3) is 0.214. The average molecular weight is 259 g/mol. The number of aromatic hydroxyl groups is 3. The van der Waals surface area contributed by atoms with E-state index in [9.17, 15) is 15.3 Å². The molecule has 0 unspecified atom stereocenters. The fourth-order valence-electron chi connectivity index (χ4n) is 2.32. The molecule has 1 aliphatic heterocycles. The number of pyridine rings is 1. The Morgan fingerprint density at radius 3 is 2.79 bits per heavy atom. The van der Waals surface area contributed by atoms with Gasteiger partial charge in [0.25, 0.3) is 0 Å². The Morgan fingerprint density at radius 2 is 2.05 bits per heavy atom. The number of aromatic nitrogens is 1. The lowest BCUT2D eigenvalue weighted by atomic mass is 9.98. The fourth-order valence-corrected chi connectivity index (χ4v) is 2.32. The third-order valence-corrected chi connectivity index (χ3v) is 3.32. The molecule has 0 saturated carbocycles. The van der Waals surface area contributed by atoms with E-state index in [1.165, 1.54) is 12.1 Å². The molecule has 0 fully saturated rings. The van der Waals surface area contributed by atoms with Crippen molar-refractivity contribution in [3.63, 3.8) is 0 Å². The zero-order chi connectivity index (χ0) is 13.6. The number of fused-ring (bicyclic) bond motifs is 1. The van der Waals surface area contributed by atoms with Crippen molar-refractivity contribution in [2.24, 2.45) is 0 Å². The maximum Gasteiger partial charge on any atom is 0.143 e. The number of nitrogens with zero attached hydrogens (tertiary/aromatic N) is 1. The first-order chi connectivity index (χ1) is 9.08. The van der Waals surface area contributed by atoms with Gasteiger partial charge in [-0.15, -0.1) is 0 Å². The Labute approximate surface area is 109 Å². The number of phenolic OH excluding ortho intramolecular Hbond substituents is 2. The molecule has 1 aromatic heterocycles. The largest absolute Gasteiger partial charge is 0.508 e. The Bertz CT molecular complexity index is 654. The van der Waals surface area contributed by atoms with Crippen molar-refractivity contribution in [1.29, 1.82) is 0 Å². The molecule has 3 rings (SSSR count). The molecule has 0 radical (unpaired) electrons. The van der Waals surface area contributed by atoms with Gasteiger partial charge in [0.1, 0.15) is 23.4 Å². The van der Waals surface area contributed by atoms with Crippen LogP contribution in [0, 0.1) is 6.92 Å². The van der Waals surface area contributed by atoms with E-state index in [-0.39, 0.29) is 17.2 Å². The number of phenols is 2. The molecule has 0 spiro atoms. The lowest BCUT2D eigenvalue weighted by Crippen LogP contribution is -2.00. The zero-order valence-electron chi connectivity index (χ0n) is 10.3. The normalized spacial score (nSPS) is 17.4. The monoisotopic (exact) mass is 259 g/mol. The molecule has 3 N–H and O–H groups in total. The predicted molar refractivity (Wildman–Crippen MR) is 67.0 cm³/mol. The zero-order valence-corrected chi connectivity index (χ0v) is 10.3. The van der Waals surface area contributed by atoms with Crippen LogP contribution in [0.2, 0.25) is 0 Å². The number of rotatable bonds is 1. The summed E-state index contributed by atoms with van der Waals surface area (Å²) in [5, 5.41) is 29.3. The average Bonchev–Trinajstić information content (AvgIpc) is 2.78. The van der Waals surface area contributed by atoms with Crippen molar-refractivity contribution in [3.05, 3.63) is 46.8 Å². The highest BCUT2D eigenvalue weighted by Gasteiger charge is 2.31. The minimum atomic E-state index is -0.544. The summed E-state index contributed by atoms with van der Waals surface area (Å²) in [6.07, 6.45) is 1.12. The van der Waals surface area contributed by atoms with Crippen LogP contribution in [0.5, 0.6) is 17.2 Å². The first-order valence-corrected chi connectivity index (χ1v) is 5.88. The van der Waals surface area contributed by atoms with E-state index in [1.807, 2.05) is 0 Å². The highest BCUT2D eigenvalue weighted by molar-refractivity contribution is 5.51. The van der Waals surface area contributed by atoms with Gasteiger partial charge in [0.2, 0.25) is 0 Å². The quantitative estimate of drug-likeness (QED) is 0.730. The Balaban J connectivity index is 2.14. The van der Waals surface area contributed by atoms with Gasteiger partial charge in [0, 0.05) is 29.0 Å². The number of hydrogen-bond donors (Lipinski definition) is 3. The van der Waals surface area contributed by atoms with Crippen LogP contribution in [-0.4, -0.2) is 20.3 Å². The molecule has 98 valence electrons. The van der Waals surface area contributed by atoms with Crippen LogP contribution in [0.1, 0.15) is 28.5 Å². The third kappa shape index (κ3) is 1.79. The van der Waals surface area contributed by atoms with Crippen molar-refractivity contribution >= 4 is 0 Å². The summed E-state index contributed by atoms with van der Waals surface area (Å²) in [6.45, 7) is 2.04. The van der Waals surface area contributed by atoms with Crippen LogP contribution in [-0.2, 0) is 11.3 Å². The van der Waals surface area contributed by atoms with Crippen molar-refractivity contribution in [3.8, 4) is 17.2 Å². The molecule has 5 heteroatoms. The molecule has 2 aromatic rings. The Morgan fingerprint density at radius 1 is 1.26 bits per heavy atom.